The number of aromatic nitrogens is 3. The number of imidazole rings is 1. The number of ether oxygens (including phenoxy) is 1. The number of hydrogen-bond donors (Lipinski definition) is 1. The first-order valence-corrected chi connectivity index (χ1v) is 7.76. The molecule has 3 rings (SSSR count). The maximum absolute atomic E-state index is 13.3. The topological polar surface area (TPSA) is 69.0 Å². The molecular weight excluding hydrogens is 323 g/mol. The van der Waals surface area contributed by atoms with E-state index in [4.69, 9.17) is 4.74 Å². The van der Waals surface area contributed by atoms with Gasteiger partial charge in [-0.15, -0.1) is 0 Å². The Morgan fingerprint density at radius 1 is 1.32 bits per heavy atom. The fourth-order valence-electron chi connectivity index (χ4n) is 2.26. The second-order valence-corrected chi connectivity index (χ2v) is 5.43. The van der Waals surface area contributed by atoms with E-state index in [-0.39, 0.29) is 18.5 Å². The van der Waals surface area contributed by atoms with Crippen LogP contribution in [-0.4, -0.2) is 20.4 Å². The van der Waals surface area contributed by atoms with Crippen LogP contribution in [0.4, 0.5) is 4.39 Å². The third kappa shape index (κ3) is 4.20. The second-order valence-electron chi connectivity index (χ2n) is 5.43. The number of carbonyl (C=O) groups is 1. The minimum absolute atomic E-state index is 0.154. The molecule has 128 valence electrons. The third-order valence-electron chi connectivity index (χ3n) is 3.67. The van der Waals surface area contributed by atoms with Crippen molar-refractivity contribution in [3.05, 3.63) is 72.7 Å². The first-order valence-electron chi connectivity index (χ1n) is 7.76. The zero-order valence-corrected chi connectivity index (χ0v) is 13.6. The van der Waals surface area contributed by atoms with E-state index in [1.165, 1.54) is 12.1 Å². The molecule has 25 heavy (non-hydrogen) atoms. The maximum Gasteiger partial charge on any atom is 0.243 e. The molecular formula is C18H17FN4O2. The maximum atomic E-state index is 13.3. The molecule has 2 aromatic heterocycles. The van der Waals surface area contributed by atoms with E-state index in [1.807, 2.05) is 0 Å². The molecule has 0 spiro atoms. The van der Waals surface area contributed by atoms with E-state index >= 15 is 0 Å². The Morgan fingerprint density at radius 3 is 2.96 bits per heavy atom. The van der Waals surface area contributed by atoms with Gasteiger partial charge in [0.1, 0.15) is 17.6 Å². The lowest BCUT2D eigenvalue weighted by atomic mass is 10.2. The molecule has 0 saturated carbocycles. The molecule has 7 heteroatoms. The number of halogens is 1. The van der Waals surface area contributed by atoms with Crippen LogP contribution in [0.5, 0.6) is 11.6 Å². The molecule has 0 aliphatic heterocycles. The molecule has 1 amide bonds. The number of nitrogens with one attached hydrogen (secondary N) is 1. The number of rotatable bonds is 6. The van der Waals surface area contributed by atoms with Crippen molar-refractivity contribution in [1.82, 2.24) is 19.9 Å². The van der Waals surface area contributed by atoms with Crippen LogP contribution in [-0.2, 0) is 11.3 Å². The van der Waals surface area contributed by atoms with Gasteiger partial charge in [-0.05, 0) is 25.1 Å². The Morgan fingerprint density at radius 2 is 2.20 bits per heavy atom. The summed E-state index contributed by atoms with van der Waals surface area (Å²) in [5.41, 5.74) is 0.693. The van der Waals surface area contributed by atoms with Crippen LogP contribution in [0.2, 0.25) is 0 Å². The van der Waals surface area contributed by atoms with Gasteiger partial charge in [-0.1, -0.05) is 12.1 Å². The lowest BCUT2D eigenvalue weighted by Gasteiger charge is -2.14. The summed E-state index contributed by atoms with van der Waals surface area (Å²) in [6.45, 7) is 2.03. The van der Waals surface area contributed by atoms with Gasteiger partial charge in [0.15, 0.2) is 0 Å². The van der Waals surface area contributed by atoms with Crippen molar-refractivity contribution < 1.29 is 13.9 Å². The second kappa shape index (κ2) is 7.57. The standard InChI is InChI=1S/C18H17FN4O2/c1-13(23-9-8-20-12-23)17(24)22-11-14-4-3-7-21-18(14)25-16-6-2-5-15(19)10-16/h2-10,12-13H,11H2,1H3,(H,22,24)/t13-/m0/s1. The summed E-state index contributed by atoms with van der Waals surface area (Å²) >= 11 is 0. The van der Waals surface area contributed by atoms with E-state index < -0.39 is 5.82 Å². The Hall–Kier alpha value is -3.22. The van der Waals surface area contributed by atoms with E-state index in [2.05, 4.69) is 15.3 Å². The Bertz CT molecular complexity index is 852. The van der Waals surface area contributed by atoms with Gasteiger partial charge in [-0.2, -0.15) is 0 Å². The summed E-state index contributed by atoms with van der Waals surface area (Å²) in [5.74, 6) is 0.123. The fourth-order valence-corrected chi connectivity index (χ4v) is 2.26. The fraction of sp³-hybridized carbons (Fsp3) is 0.167. The van der Waals surface area contributed by atoms with Crippen LogP contribution in [0.1, 0.15) is 18.5 Å². The number of nitrogens with zero attached hydrogens (tertiary/aromatic N) is 3. The summed E-state index contributed by atoms with van der Waals surface area (Å²) in [6, 6.07) is 8.97. The van der Waals surface area contributed by atoms with Gasteiger partial charge in [0, 0.05) is 36.8 Å². The van der Waals surface area contributed by atoms with Crippen molar-refractivity contribution in [3.8, 4) is 11.6 Å². The smallest absolute Gasteiger partial charge is 0.243 e. The Kier molecular flexibility index (Phi) is 5.03. The molecule has 0 saturated heterocycles. The normalized spacial score (nSPS) is 11.8. The lowest BCUT2D eigenvalue weighted by Crippen LogP contribution is -2.30. The predicted molar refractivity (Wildman–Crippen MR) is 89.5 cm³/mol. The highest BCUT2D eigenvalue weighted by molar-refractivity contribution is 5.79. The van der Waals surface area contributed by atoms with Crippen molar-refractivity contribution in [3.63, 3.8) is 0 Å². The van der Waals surface area contributed by atoms with Crippen LogP contribution >= 0.6 is 0 Å². The molecule has 0 unspecified atom stereocenters. The van der Waals surface area contributed by atoms with Gasteiger partial charge in [0.2, 0.25) is 11.8 Å². The van der Waals surface area contributed by atoms with Gasteiger partial charge in [0.05, 0.1) is 6.33 Å². The quantitative estimate of drug-likeness (QED) is 0.749. The van der Waals surface area contributed by atoms with E-state index in [0.717, 1.165) is 0 Å². The zero-order valence-electron chi connectivity index (χ0n) is 13.6. The van der Waals surface area contributed by atoms with Gasteiger partial charge >= 0.3 is 0 Å². The number of carbonyl (C=O) groups excluding carboxylic acids is 1. The highest BCUT2D eigenvalue weighted by Gasteiger charge is 2.15. The summed E-state index contributed by atoms with van der Waals surface area (Å²) in [6.07, 6.45) is 6.52. The minimum Gasteiger partial charge on any atom is -0.439 e. The molecule has 0 radical (unpaired) electrons. The average Bonchev–Trinajstić information content (AvgIpc) is 3.15. The largest absolute Gasteiger partial charge is 0.439 e. The Labute approximate surface area is 144 Å². The summed E-state index contributed by atoms with van der Waals surface area (Å²) < 4.78 is 20.6. The minimum atomic E-state index is -0.391. The van der Waals surface area contributed by atoms with Gasteiger partial charge in [-0.25, -0.2) is 14.4 Å². The van der Waals surface area contributed by atoms with E-state index in [9.17, 15) is 9.18 Å². The average molecular weight is 340 g/mol. The summed E-state index contributed by atoms with van der Waals surface area (Å²) in [7, 11) is 0. The molecule has 1 aromatic carbocycles. The van der Waals surface area contributed by atoms with Crippen LogP contribution < -0.4 is 10.1 Å². The first-order chi connectivity index (χ1) is 12.1. The molecule has 6 nitrogen and oxygen atoms in total. The molecule has 2 heterocycles. The van der Waals surface area contributed by atoms with Crippen LogP contribution in [0.3, 0.4) is 0 Å². The molecule has 0 bridgehead atoms. The van der Waals surface area contributed by atoms with Crippen molar-refractivity contribution in [2.75, 3.05) is 0 Å². The van der Waals surface area contributed by atoms with Crippen molar-refractivity contribution in [2.24, 2.45) is 0 Å². The van der Waals surface area contributed by atoms with Gasteiger partial charge in [0.25, 0.3) is 0 Å². The SMILES string of the molecule is C[C@@H](C(=O)NCc1cccnc1Oc1cccc(F)c1)n1ccnc1. The molecule has 3 aromatic rings. The lowest BCUT2D eigenvalue weighted by molar-refractivity contribution is -0.124. The Balaban J connectivity index is 1.68. The van der Waals surface area contributed by atoms with Crippen molar-refractivity contribution in [2.45, 2.75) is 19.5 Å². The van der Waals surface area contributed by atoms with Crippen LogP contribution in [0.15, 0.2) is 61.3 Å². The third-order valence-corrected chi connectivity index (χ3v) is 3.67. The highest BCUT2D eigenvalue weighted by atomic mass is 19.1. The molecule has 0 aliphatic rings. The van der Waals surface area contributed by atoms with E-state index in [1.54, 1.807) is 60.7 Å². The number of pyridine rings is 1. The number of hydrogen-bond acceptors (Lipinski definition) is 4. The molecule has 0 aliphatic carbocycles. The predicted octanol–water partition coefficient (Wildman–Crippen LogP) is 3.09. The van der Waals surface area contributed by atoms with Crippen molar-refractivity contribution in [1.29, 1.82) is 0 Å². The number of benzene rings is 1. The first kappa shape index (κ1) is 16.6. The van der Waals surface area contributed by atoms with Crippen LogP contribution in [0, 0.1) is 5.82 Å². The zero-order chi connectivity index (χ0) is 17.6. The van der Waals surface area contributed by atoms with E-state index in [0.29, 0.717) is 17.2 Å². The number of amides is 1. The van der Waals surface area contributed by atoms with Gasteiger partial charge < -0.3 is 14.6 Å². The van der Waals surface area contributed by atoms with Crippen LogP contribution in [0.25, 0.3) is 0 Å². The van der Waals surface area contributed by atoms with Crippen molar-refractivity contribution >= 4 is 5.91 Å². The molecule has 1 atom stereocenters. The highest BCUT2D eigenvalue weighted by Crippen LogP contribution is 2.23. The molecule has 1 N–H and O–H groups in total. The monoisotopic (exact) mass is 340 g/mol. The summed E-state index contributed by atoms with van der Waals surface area (Å²) in [4.78, 5) is 20.4. The molecule has 0 fully saturated rings. The summed E-state index contributed by atoms with van der Waals surface area (Å²) in [5, 5.41) is 2.84. The van der Waals surface area contributed by atoms with Gasteiger partial charge in [-0.3, -0.25) is 4.79 Å².